The number of nitrogens with two attached hydrogens (primary N) is 1. The molecule has 2 atom stereocenters. The minimum Gasteiger partial charge on any atom is -0.329 e. The van der Waals surface area contributed by atoms with Crippen LogP contribution in [0.15, 0.2) is 0 Å². The van der Waals surface area contributed by atoms with E-state index in [1.165, 1.54) is 57.9 Å². The van der Waals surface area contributed by atoms with Crippen molar-refractivity contribution >= 4 is 0 Å². The molecule has 0 amide bonds. The molecule has 0 radical (unpaired) electrons. The molecule has 0 bridgehead atoms. The van der Waals surface area contributed by atoms with Crippen LogP contribution >= 0.6 is 0 Å². The van der Waals surface area contributed by atoms with Crippen LogP contribution < -0.4 is 11.1 Å². The van der Waals surface area contributed by atoms with Gasteiger partial charge in [-0.05, 0) is 50.0 Å². The zero-order valence-corrected chi connectivity index (χ0v) is 12.4. The molecular formula is C16H32N2. The number of hydrogen-bond acceptors (Lipinski definition) is 2. The molecule has 2 heteroatoms. The molecule has 0 spiro atoms. The van der Waals surface area contributed by atoms with Gasteiger partial charge in [0.1, 0.15) is 0 Å². The Balaban J connectivity index is 1.84. The van der Waals surface area contributed by atoms with E-state index in [4.69, 9.17) is 5.73 Å². The SMILES string of the molecule is CC(C)C1CCCCC1(CN)NCCCC1CC1. The minimum absolute atomic E-state index is 0.246. The van der Waals surface area contributed by atoms with E-state index in [0.717, 1.165) is 24.3 Å². The van der Waals surface area contributed by atoms with Crippen molar-refractivity contribution in [2.45, 2.75) is 70.8 Å². The molecular weight excluding hydrogens is 220 g/mol. The molecule has 18 heavy (non-hydrogen) atoms. The largest absolute Gasteiger partial charge is 0.329 e. The van der Waals surface area contributed by atoms with Crippen molar-refractivity contribution in [1.29, 1.82) is 0 Å². The van der Waals surface area contributed by atoms with Crippen LogP contribution in [-0.2, 0) is 0 Å². The number of hydrogen-bond donors (Lipinski definition) is 2. The Hall–Kier alpha value is -0.0800. The summed E-state index contributed by atoms with van der Waals surface area (Å²) >= 11 is 0. The van der Waals surface area contributed by atoms with Gasteiger partial charge in [-0.3, -0.25) is 0 Å². The molecule has 2 unspecified atom stereocenters. The maximum atomic E-state index is 6.16. The molecule has 0 heterocycles. The number of rotatable bonds is 7. The molecule has 2 rings (SSSR count). The van der Waals surface area contributed by atoms with Crippen LogP contribution in [-0.4, -0.2) is 18.6 Å². The molecule has 0 saturated heterocycles. The van der Waals surface area contributed by atoms with E-state index in [0.29, 0.717) is 0 Å². The molecule has 106 valence electrons. The normalized spacial score (nSPS) is 33.0. The van der Waals surface area contributed by atoms with Crippen LogP contribution in [0.5, 0.6) is 0 Å². The van der Waals surface area contributed by atoms with Gasteiger partial charge in [-0.2, -0.15) is 0 Å². The zero-order valence-electron chi connectivity index (χ0n) is 12.4. The highest BCUT2D eigenvalue weighted by Gasteiger charge is 2.40. The Kier molecular flexibility index (Phi) is 5.08. The van der Waals surface area contributed by atoms with Gasteiger partial charge in [0.05, 0.1) is 0 Å². The predicted octanol–water partition coefficient (Wildman–Crippen LogP) is 3.31. The molecule has 0 aromatic heterocycles. The summed E-state index contributed by atoms with van der Waals surface area (Å²) in [5.41, 5.74) is 6.40. The molecule has 0 aromatic rings. The van der Waals surface area contributed by atoms with Gasteiger partial charge in [-0.15, -0.1) is 0 Å². The van der Waals surface area contributed by atoms with Crippen molar-refractivity contribution < 1.29 is 0 Å². The topological polar surface area (TPSA) is 38.0 Å². The Labute approximate surface area is 113 Å². The quantitative estimate of drug-likeness (QED) is 0.682. The van der Waals surface area contributed by atoms with Gasteiger partial charge >= 0.3 is 0 Å². The Morgan fingerprint density at radius 3 is 2.61 bits per heavy atom. The third kappa shape index (κ3) is 3.48. The number of nitrogens with one attached hydrogen (secondary N) is 1. The maximum absolute atomic E-state index is 6.16. The fourth-order valence-electron chi connectivity index (χ4n) is 3.92. The molecule has 0 aliphatic heterocycles. The van der Waals surface area contributed by atoms with E-state index in [1.54, 1.807) is 0 Å². The van der Waals surface area contributed by atoms with E-state index in [9.17, 15) is 0 Å². The summed E-state index contributed by atoms with van der Waals surface area (Å²) in [6.07, 6.45) is 11.1. The van der Waals surface area contributed by atoms with Crippen LogP contribution in [0.25, 0.3) is 0 Å². The molecule has 2 aliphatic rings. The molecule has 3 N–H and O–H groups in total. The summed E-state index contributed by atoms with van der Waals surface area (Å²) in [4.78, 5) is 0. The van der Waals surface area contributed by atoms with Crippen molar-refractivity contribution in [2.24, 2.45) is 23.5 Å². The lowest BCUT2D eigenvalue weighted by atomic mass is 9.68. The van der Waals surface area contributed by atoms with Crippen molar-refractivity contribution in [3.05, 3.63) is 0 Å². The molecule has 2 nitrogen and oxygen atoms in total. The summed E-state index contributed by atoms with van der Waals surface area (Å²) in [5, 5.41) is 3.87. The lowest BCUT2D eigenvalue weighted by Crippen LogP contribution is -2.59. The van der Waals surface area contributed by atoms with E-state index < -0.39 is 0 Å². The molecule has 2 fully saturated rings. The average Bonchev–Trinajstić information content (AvgIpc) is 3.19. The van der Waals surface area contributed by atoms with Crippen molar-refractivity contribution in [1.82, 2.24) is 5.32 Å². The summed E-state index contributed by atoms with van der Waals surface area (Å²) < 4.78 is 0. The Bertz CT molecular complexity index is 247. The summed E-state index contributed by atoms with van der Waals surface area (Å²) in [6, 6.07) is 0. The van der Waals surface area contributed by atoms with E-state index in [1.807, 2.05) is 0 Å². The lowest BCUT2D eigenvalue weighted by molar-refractivity contribution is 0.108. The first-order valence-electron chi connectivity index (χ1n) is 8.13. The van der Waals surface area contributed by atoms with Gasteiger partial charge in [0.2, 0.25) is 0 Å². The highest BCUT2D eigenvalue weighted by Crippen LogP contribution is 2.38. The molecule has 2 aliphatic carbocycles. The Morgan fingerprint density at radius 1 is 1.22 bits per heavy atom. The second-order valence-electron chi connectivity index (χ2n) is 6.97. The van der Waals surface area contributed by atoms with Gasteiger partial charge in [-0.25, -0.2) is 0 Å². The minimum atomic E-state index is 0.246. The first-order valence-corrected chi connectivity index (χ1v) is 8.13. The van der Waals surface area contributed by atoms with E-state index >= 15 is 0 Å². The monoisotopic (exact) mass is 252 g/mol. The van der Waals surface area contributed by atoms with E-state index in [2.05, 4.69) is 19.2 Å². The second-order valence-corrected chi connectivity index (χ2v) is 6.97. The zero-order chi connectivity index (χ0) is 13.0. The van der Waals surface area contributed by atoms with Crippen LogP contribution in [0.1, 0.15) is 65.2 Å². The highest BCUT2D eigenvalue weighted by atomic mass is 15.0. The summed E-state index contributed by atoms with van der Waals surface area (Å²) in [5.74, 6) is 2.59. The lowest BCUT2D eigenvalue weighted by Gasteiger charge is -2.46. The maximum Gasteiger partial charge on any atom is 0.0334 e. The summed E-state index contributed by atoms with van der Waals surface area (Å²) in [6.45, 7) is 6.73. The highest BCUT2D eigenvalue weighted by molar-refractivity contribution is 4.99. The van der Waals surface area contributed by atoms with Gasteiger partial charge in [-0.1, -0.05) is 39.5 Å². The molecule has 0 aromatic carbocycles. The smallest absolute Gasteiger partial charge is 0.0334 e. The third-order valence-electron chi connectivity index (χ3n) is 5.23. The van der Waals surface area contributed by atoms with Gasteiger partial charge in [0.15, 0.2) is 0 Å². The predicted molar refractivity (Wildman–Crippen MR) is 78.5 cm³/mol. The van der Waals surface area contributed by atoms with Crippen LogP contribution in [0, 0.1) is 17.8 Å². The van der Waals surface area contributed by atoms with Gasteiger partial charge < -0.3 is 11.1 Å². The van der Waals surface area contributed by atoms with Gasteiger partial charge in [0, 0.05) is 12.1 Å². The van der Waals surface area contributed by atoms with Crippen molar-refractivity contribution in [2.75, 3.05) is 13.1 Å². The fraction of sp³-hybridized carbons (Fsp3) is 1.00. The standard InChI is InChI=1S/C16H32N2/c1-13(2)15-7-3-4-10-16(15,12-17)18-11-5-6-14-8-9-14/h13-15,18H,3-12,17H2,1-2H3. The first kappa shape index (κ1) is 14.3. The van der Waals surface area contributed by atoms with E-state index in [-0.39, 0.29) is 5.54 Å². The van der Waals surface area contributed by atoms with Crippen molar-refractivity contribution in [3.8, 4) is 0 Å². The van der Waals surface area contributed by atoms with Crippen LogP contribution in [0.4, 0.5) is 0 Å². The van der Waals surface area contributed by atoms with Gasteiger partial charge in [0.25, 0.3) is 0 Å². The third-order valence-corrected chi connectivity index (χ3v) is 5.23. The summed E-state index contributed by atoms with van der Waals surface area (Å²) in [7, 11) is 0. The van der Waals surface area contributed by atoms with Crippen LogP contribution in [0.3, 0.4) is 0 Å². The first-order chi connectivity index (χ1) is 8.68. The molecule has 2 saturated carbocycles. The van der Waals surface area contributed by atoms with Crippen molar-refractivity contribution in [3.63, 3.8) is 0 Å². The Morgan fingerprint density at radius 2 is 2.00 bits per heavy atom. The average molecular weight is 252 g/mol. The fourth-order valence-corrected chi connectivity index (χ4v) is 3.92. The van der Waals surface area contributed by atoms with Crippen LogP contribution in [0.2, 0.25) is 0 Å². The second kappa shape index (κ2) is 6.38.